The number of aromatic nitrogens is 6. The zero-order chi connectivity index (χ0) is 21.6. The minimum atomic E-state index is -1.51. The Morgan fingerprint density at radius 2 is 2.19 bits per heavy atom. The summed E-state index contributed by atoms with van der Waals surface area (Å²) in [6.45, 7) is 1.62. The molecule has 158 valence electrons. The van der Waals surface area contributed by atoms with Gasteiger partial charge < -0.3 is 19.7 Å². The van der Waals surface area contributed by atoms with E-state index in [9.17, 15) is 19.5 Å². The van der Waals surface area contributed by atoms with Gasteiger partial charge in [0, 0.05) is 12.8 Å². The van der Waals surface area contributed by atoms with Gasteiger partial charge in [-0.1, -0.05) is 5.16 Å². The van der Waals surface area contributed by atoms with Crippen LogP contribution in [-0.2, 0) is 27.9 Å². The fourth-order valence-corrected chi connectivity index (χ4v) is 5.18. The van der Waals surface area contributed by atoms with Crippen molar-refractivity contribution >= 4 is 42.2 Å². The second kappa shape index (κ2) is 9.28. The molecule has 31 heavy (non-hydrogen) atoms. The predicted octanol–water partition coefficient (Wildman–Crippen LogP) is -5.48. The fourth-order valence-electron chi connectivity index (χ4n) is 3.24. The Balaban J connectivity index is 0.00000272. The van der Waals surface area contributed by atoms with Gasteiger partial charge >= 0.3 is 29.6 Å². The molecule has 1 fully saturated rings. The molecule has 1 N–H and O–H groups in total. The average molecular weight is 474 g/mol. The molecular weight excluding hydrogens is 459 g/mol. The van der Waals surface area contributed by atoms with Gasteiger partial charge in [0.1, 0.15) is 17.8 Å². The van der Waals surface area contributed by atoms with Gasteiger partial charge in [0.25, 0.3) is 5.91 Å². The zero-order valence-corrected chi connectivity index (χ0v) is 20.4. The predicted molar refractivity (Wildman–Crippen MR) is 100 cm³/mol. The fraction of sp³-hybridized carbons (Fsp3) is 0.467. The largest absolute Gasteiger partial charge is 1.00 e. The van der Waals surface area contributed by atoms with Crippen molar-refractivity contribution in [3.8, 4) is 0 Å². The van der Waals surface area contributed by atoms with Crippen LogP contribution >= 0.6 is 24.4 Å². The van der Waals surface area contributed by atoms with Gasteiger partial charge in [-0.25, -0.2) is 4.68 Å². The number of β-lactam (4-membered cyclic amide) rings is 1. The van der Waals surface area contributed by atoms with E-state index in [1.54, 1.807) is 14.0 Å². The molecule has 0 spiro atoms. The Kier molecular flexibility index (Phi) is 7.10. The number of nitrogens with zero attached hydrogens (tertiary/aromatic N) is 7. The molecule has 0 aromatic carbocycles. The van der Waals surface area contributed by atoms with Crippen molar-refractivity contribution < 1.29 is 53.6 Å². The first-order valence-electron chi connectivity index (χ1n) is 8.66. The molecule has 3 atom stereocenters. The standard InChI is InChI=1S/C15H16N8O5S2.Na/c1-5-16-8(28-19-5)3-7(24)17-9-13(25)23-10(15(26)27)6(4-30-14(9)23)11(29)12-18-20-21-22(12)2;/h9,11,14,29H,3-4H2,1-2H3,(H,17,24)(H,26,27);/q;+1/p-1/t9?,11?,14-;/m1./s1. The maximum absolute atomic E-state index is 12.7. The Hall–Kier alpha value is -1.94. The number of amides is 2. The number of nitrogens with one attached hydrogen (secondary N) is 1. The van der Waals surface area contributed by atoms with Crippen LogP contribution in [0.4, 0.5) is 0 Å². The Morgan fingerprint density at radius 3 is 2.77 bits per heavy atom. The van der Waals surface area contributed by atoms with E-state index < -0.39 is 34.4 Å². The molecule has 2 unspecified atom stereocenters. The van der Waals surface area contributed by atoms with E-state index in [1.165, 1.54) is 16.4 Å². The number of carbonyl (C=O) groups is 3. The third kappa shape index (κ3) is 4.37. The third-order valence-corrected chi connectivity index (χ3v) is 6.46. The summed E-state index contributed by atoms with van der Waals surface area (Å²) in [6.07, 6.45) is -0.186. The molecular formula is C15H15N8NaO5S2. The van der Waals surface area contributed by atoms with E-state index in [4.69, 9.17) is 4.52 Å². The number of carboxylic acid groups (broad SMARTS) is 1. The van der Waals surface area contributed by atoms with E-state index in [-0.39, 0.29) is 53.3 Å². The second-order valence-electron chi connectivity index (χ2n) is 6.59. The minimum Gasteiger partial charge on any atom is -0.543 e. The van der Waals surface area contributed by atoms with E-state index in [0.717, 1.165) is 4.90 Å². The number of tetrazole rings is 1. The molecule has 0 saturated carbocycles. The van der Waals surface area contributed by atoms with Crippen LogP contribution in [0.5, 0.6) is 0 Å². The molecule has 2 aliphatic rings. The van der Waals surface area contributed by atoms with Crippen molar-refractivity contribution in [1.82, 2.24) is 40.6 Å². The molecule has 0 aliphatic carbocycles. The van der Waals surface area contributed by atoms with Gasteiger partial charge in [-0.2, -0.15) is 17.6 Å². The SMILES string of the molecule is Cc1noc(CC(=O)NC2C(=O)N3C(C(=O)[O-])=C(C(S)c4nnnn4C)CS[C@H]23)n1.[Na+]. The number of fused-ring (bicyclic) bond motifs is 1. The molecule has 16 heteroatoms. The van der Waals surface area contributed by atoms with E-state index in [2.05, 4.69) is 43.6 Å². The second-order valence-corrected chi connectivity index (χ2v) is 8.21. The van der Waals surface area contributed by atoms with Gasteiger partial charge in [-0.15, -0.1) is 16.9 Å². The van der Waals surface area contributed by atoms with Crippen LogP contribution in [0.1, 0.15) is 22.8 Å². The maximum atomic E-state index is 12.7. The zero-order valence-electron chi connectivity index (χ0n) is 16.7. The molecule has 4 heterocycles. The monoisotopic (exact) mass is 474 g/mol. The van der Waals surface area contributed by atoms with Crippen molar-refractivity contribution in [2.45, 2.75) is 30.0 Å². The number of thiol groups is 1. The summed E-state index contributed by atoms with van der Waals surface area (Å²) in [4.78, 5) is 41.8. The van der Waals surface area contributed by atoms with Gasteiger partial charge in [-0.05, 0) is 22.9 Å². The summed E-state index contributed by atoms with van der Waals surface area (Å²) in [5.41, 5.74) is 0.0710. The number of carbonyl (C=O) groups excluding carboxylic acids is 3. The molecule has 13 nitrogen and oxygen atoms in total. The number of aryl methyl sites for hydroxylation is 2. The number of aliphatic carboxylic acids is 1. The van der Waals surface area contributed by atoms with Crippen LogP contribution in [0.15, 0.2) is 15.8 Å². The van der Waals surface area contributed by atoms with Crippen molar-refractivity contribution in [2.75, 3.05) is 5.75 Å². The first-order valence-corrected chi connectivity index (χ1v) is 10.2. The van der Waals surface area contributed by atoms with Crippen molar-refractivity contribution in [3.05, 3.63) is 28.8 Å². The Labute approximate surface area is 207 Å². The molecule has 0 bridgehead atoms. The smallest absolute Gasteiger partial charge is 0.543 e. The topological polar surface area (TPSA) is 172 Å². The average Bonchev–Trinajstić information content (AvgIpc) is 3.31. The quantitative estimate of drug-likeness (QED) is 0.232. The van der Waals surface area contributed by atoms with Crippen molar-refractivity contribution in [3.63, 3.8) is 0 Å². The van der Waals surface area contributed by atoms with Gasteiger partial charge in [-0.3, -0.25) is 14.5 Å². The van der Waals surface area contributed by atoms with Crippen molar-refractivity contribution in [1.29, 1.82) is 0 Å². The molecule has 2 aliphatic heterocycles. The van der Waals surface area contributed by atoms with Gasteiger partial charge in [0.05, 0.1) is 16.9 Å². The van der Waals surface area contributed by atoms with Gasteiger partial charge in [0.2, 0.25) is 11.8 Å². The van der Waals surface area contributed by atoms with Crippen LogP contribution in [0.3, 0.4) is 0 Å². The summed E-state index contributed by atoms with van der Waals surface area (Å²) in [5, 5.41) is 27.8. The number of hydrogen-bond acceptors (Lipinski definition) is 12. The van der Waals surface area contributed by atoms with E-state index >= 15 is 0 Å². The maximum Gasteiger partial charge on any atom is 1.00 e. The van der Waals surface area contributed by atoms with Crippen LogP contribution in [0.2, 0.25) is 0 Å². The van der Waals surface area contributed by atoms with Crippen LogP contribution in [0.25, 0.3) is 0 Å². The minimum absolute atomic E-state index is 0. The molecule has 0 radical (unpaired) electrons. The first kappa shape index (κ1) is 23.7. The number of rotatable bonds is 6. The molecule has 4 rings (SSSR count). The van der Waals surface area contributed by atoms with Crippen LogP contribution < -0.4 is 40.0 Å². The third-order valence-electron chi connectivity index (χ3n) is 4.62. The summed E-state index contributed by atoms with van der Waals surface area (Å²) in [7, 11) is 1.60. The first-order chi connectivity index (χ1) is 14.3. The van der Waals surface area contributed by atoms with Crippen LogP contribution in [0, 0.1) is 6.92 Å². The summed E-state index contributed by atoms with van der Waals surface area (Å²) >= 11 is 5.76. The molecule has 2 aromatic rings. The molecule has 1 saturated heterocycles. The Morgan fingerprint density at radius 1 is 1.45 bits per heavy atom. The Bertz CT molecular complexity index is 1070. The van der Waals surface area contributed by atoms with Crippen LogP contribution in [-0.4, -0.2) is 70.2 Å². The number of hydrogen-bond donors (Lipinski definition) is 2. The molecule has 2 aromatic heterocycles. The summed E-state index contributed by atoms with van der Waals surface area (Å²) < 4.78 is 6.26. The van der Waals surface area contributed by atoms with Gasteiger partial charge in [0.15, 0.2) is 11.6 Å². The van der Waals surface area contributed by atoms with E-state index in [1.807, 2.05) is 0 Å². The van der Waals surface area contributed by atoms with E-state index in [0.29, 0.717) is 17.2 Å². The normalized spacial score (nSPS) is 21.1. The molecule has 2 amide bonds. The number of thioether (sulfide) groups is 1. The number of carboxylic acids is 1. The summed E-state index contributed by atoms with van der Waals surface area (Å²) in [5.74, 6) is -1.47. The van der Waals surface area contributed by atoms with Crippen molar-refractivity contribution in [2.24, 2.45) is 7.05 Å². The summed E-state index contributed by atoms with van der Waals surface area (Å²) in [6, 6.07) is -0.878.